The SMILES string of the molecule is COc1ccc(C)cc1NC(=O)c1cc(C(=O)NCc2ccco2)ccn1. The Balaban J connectivity index is 1.72. The third-order valence-electron chi connectivity index (χ3n) is 3.86. The first kappa shape index (κ1) is 18.2. The highest BCUT2D eigenvalue weighted by atomic mass is 16.5. The number of ether oxygens (including phenoxy) is 1. The van der Waals surface area contributed by atoms with Crippen molar-refractivity contribution >= 4 is 17.5 Å². The average Bonchev–Trinajstić information content (AvgIpc) is 3.20. The van der Waals surface area contributed by atoms with Gasteiger partial charge in [-0.15, -0.1) is 0 Å². The Morgan fingerprint density at radius 2 is 2.00 bits per heavy atom. The van der Waals surface area contributed by atoms with Gasteiger partial charge in [0.05, 0.1) is 25.6 Å². The second kappa shape index (κ2) is 8.18. The van der Waals surface area contributed by atoms with Gasteiger partial charge in [0.25, 0.3) is 11.8 Å². The predicted octanol–water partition coefficient (Wildman–Crippen LogP) is 3.17. The van der Waals surface area contributed by atoms with Crippen molar-refractivity contribution in [1.82, 2.24) is 10.3 Å². The molecule has 0 aliphatic rings. The molecular formula is C20H19N3O4. The van der Waals surface area contributed by atoms with Crippen LogP contribution in [0.25, 0.3) is 0 Å². The van der Waals surface area contributed by atoms with E-state index in [2.05, 4.69) is 15.6 Å². The molecule has 0 bridgehead atoms. The number of benzene rings is 1. The van der Waals surface area contributed by atoms with Gasteiger partial charge in [-0.25, -0.2) is 0 Å². The summed E-state index contributed by atoms with van der Waals surface area (Å²) in [6.45, 7) is 2.17. The molecule has 2 amide bonds. The van der Waals surface area contributed by atoms with Gasteiger partial charge >= 0.3 is 0 Å². The lowest BCUT2D eigenvalue weighted by Gasteiger charge is -2.11. The van der Waals surface area contributed by atoms with Crippen molar-refractivity contribution in [3.05, 3.63) is 77.5 Å². The maximum Gasteiger partial charge on any atom is 0.274 e. The minimum absolute atomic E-state index is 0.129. The van der Waals surface area contributed by atoms with Crippen LogP contribution in [0, 0.1) is 6.92 Å². The van der Waals surface area contributed by atoms with Gasteiger partial charge in [-0.05, 0) is 48.9 Å². The molecular weight excluding hydrogens is 346 g/mol. The lowest BCUT2D eigenvalue weighted by atomic mass is 10.2. The number of hydrogen-bond donors (Lipinski definition) is 2. The highest BCUT2D eigenvalue weighted by Gasteiger charge is 2.14. The lowest BCUT2D eigenvalue weighted by Crippen LogP contribution is -2.23. The van der Waals surface area contributed by atoms with Crippen LogP contribution in [0.5, 0.6) is 5.75 Å². The number of carbonyl (C=O) groups excluding carboxylic acids is 2. The minimum atomic E-state index is -0.431. The van der Waals surface area contributed by atoms with Crippen LogP contribution < -0.4 is 15.4 Å². The van der Waals surface area contributed by atoms with Gasteiger partial charge in [0.15, 0.2) is 0 Å². The van der Waals surface area contributed by atoms with Crippen LogP contribution in [0.1, 0.15) is 32.2 Å². The molecule has 0 aliphatic carbocycles. The van der Waals surface area contributed by atoms with E-state index in [1.807, 2.05) is 13.0 Å². The molecule has 7 nitrogen and oxygen atoms in total. The molecule has 0 unspecified atom stereocenters. The van der Waals surface area contributed by atoms with E-state index in [1.54, 1.807) is 30.3 Å². The predicted molar refractivity (Wildman–Crippen MR) is 99.8 cm³/mol. The number of rotatable bonds is 6. The fourth-order valence-corrected chi connectivity index (χ4v) is 2.48. The number of nitrogens with one attached hydrogen (secondary N) is 2. The van der Waals surface area contributed by atoms with Crippen molar-refractivity contribution in [1.29, 1.82) is 0 Å². The molecule has 138 valence electrons. The standard InChI is InChI=1S/C20H19N3O4/c1-13-5-6-18(26-2)16(10-13)23-20(25)17-11-14(7-8-21-17)19(24)22-12-15-4-3-9-27-15/h3-11H,12H2,1-2H3,(H,22,24)(H,23,25). The van der Waals surface area contributed by atoms with Crippen molar-refractivity contribution in [2.75, 3.05) is 12.4 Å². The van der Waals surface area contributed by atoms with Crippen molar-refractivity contribution in [2.45, 2.75) is 13.5 Å². The summed E-state index contributed by atoms with van der Waals surface area (Å²) in [6.07, 6.45) is 2.96. The number of furan rings is 1. The first-order valence-corrected chi connectivity index (χ1v) is 8.29. The molecule has 1 aromatic carbocycles. The Kier molecular flexibility index (Phi) is 5.51. The number of anilines is 1. The minimum Gasteiger partial charge on any atom is -0.495 e. The Morgan fingerprint density at radius 1 is 1.15 bits per heavy atom. The summed E-state index contributed by atoms with van der Waals surface area (Å²) in [7, 11) is 1.53. The number of aryl methyl sites for hydroxylation is 1. The van der Waals surface area contributed by atoms with E-state index in [4.69, 9.17) is 9.15 Å². The highest BCUT2D eigenvalue weighted by Crippen LogP contribution is 2.25. The van der Waals surface area contributed by atoms with Crippen LogP contribution in [0.3, 0.4) is 0 Å². The molecule has 3 aromatic rings. The molecule has 27 heavy (non-hydrogen) atoms. The summed E-state index contributed by atoms with van der Waals surface area (Å²) < 4.78 is 10.4. The maximum absolute atomic E-state index is 12.5. The van der Waals surface area contributed by atoms with Crippen LogP contribution in [0.4, 0.5) is 5.69 Å². The maximum atomic E-state index is 12.5. The number of amides is 2. The van der Waals surface area contributed by atoms with Gasteiger partial charge in [0.2, 0.25) is 0 Å². The van der Waals surface area contributed by atoms with Gasteiger partial charge in [-0.1, -0.05) is 6.07 Å². The van der Waals surface area contributed by atoms with E-state index in [0.717, 1.165) is 5.56 Å². The molecule has 2 heterocycles. The zero-order chi connectivity index (χ0) is 19.2. The second-order valence-corrected chi connectivity index (χ2v) is 5.85. The van der Waals surface area contributed by atoms with Crippen molar-refractivity contribution < 1.29 is 18.7 Å². The molecule has 0 aliphatic heterocycles. The third-order valence-corrected chi connectivity index (χ3v) is 3.86. The largest absolute Gasteiger partial charge is 0.495 e. The summed E-state index contributed by atoms with van der Waals surface area (Å²) in [5.74, 6) is 0.429. The number of methoxy groups -OCH3 is 1. The van der Waals surface area contributed by atoms with Gasteiger partial charge in [-0.3, -0.25) is 14.6 Å². The topological polar surface area (TPSA) is 93.5 Å². The lowest BCUT2D eigenvalue weighted by molar-refractivity contribution is 0.0948. The normalized spacial score (nSPS) is 10.3. The Bertz CT molecular complexity index is 952. The molecule has 7 heteroatoms. The molecule has 0 atom stereocenters. The third kappa shape index (κ3) is 4.52. The number of nitrogens with zero attached hydrogens (tertiary/aromatic N) is 1. The first-order chi connectivity index (χ1) is 13.1. The highest BCUT2D eigenvalue weighted by molar-refractivity contribution is 6.05. The number of hydrogen-bond acceptors (Lipinski definition) is 5. The molecule has 0 spiro atoms. The van der Waals surface area contributed by atoms with Crippen molar-refractivity contribution in [3.8, 4) is 5.75 Å². The van der Waals surface area contributed by atoms with Gasteiger partial charge in [-0.2, -0.15) is 0 Å². The summed E-state index contributed by atoms with van der Waals surface area (Å²) >= 11 is 0. The zero-order valence-electron chi connectivity index (χ0n) is 15.0. The Morgan fingerprint density at radius 3 is 2.74 bits per heavy atom. The molecule has 2 aromatic heterocycles. The summed E-state index contributed by atoms with van der Waals surface area (Å²) in [5, 5.41) is 5.50. The molecule has 0 saturated heterocycles. The zero-order valence-corrected chi connectivity index (χ0v) is 15.0. The summed E-state index contributed by atoms with van der Waals surface area (Å²) in [4.78, 5) is 28.9. The molecule has 3 rings (SSSR count). The van der Waals surface area contributed by atoms with Crippen LogP contribution in [-0.2, 0) is 6.54 Å². The monoisotopic (exact) mass is 365 g/mol. The van der Waals surface area contributed by atoms with E-state index >= 15 is 0 Å². The summed E-state index contributed by atoms with van der Waals surface area (Å²) in [6, 6.07) is 12.0. The number of carbonyl (C=O) groups is 2. The van der Waals surface area contributed by atoms with E-state index in [9.17, 15) is 9.59 Å². The average molecular weight is 365 g/mol. The molecule has 2 N–H and O–H groups in total. The molecule has 0 radical (unpaired) electrons. The van der Waals surface area contributed by atoms with E-state index < -0.39 is 5.91 Å². The Hall–Kier alpha value is -3.61. The van der Waals surface area contributed by atoms with Crippen molar-refractivity contribution in [3.63, 3.8) is 0 Å². The van der Waals surface area contributed by atoms with Crippen LogP contribution in [0.2, 0.25) is 0 Å². The number of aromatic nitrogens is 1. The van der Waals surface area contributed by atoms with Crippen molar-refractivity contribution in [2.24, 2.45) is 0 Å². The fraction of sp³-hybridized carbons (Fsp3) is 0.150. The van der Waals surface area contributed by atoms with Crippen LogP contribution >= 0.6 is 0 Å². The second-order valence-electron chi connectivity index (χ2n) is 5.85. The van der Waals surface area contributed by atoms with Crippen LogP contribution in [0.15, 0.2) is 59.3 Å². The van der Waals surface area contributed by atoms with Gasteiger partial charge < -0.3 is 19.8 Å². The smallest absolute Gasteiger partial charge is 0.274 e. The Labute approximate surface area is 156 Å². The van der Waals surface area contributed by atoms with E-state index in [0.29, 0.717) is 22.8 Å². The van der Waals surface area contributed by atoms with E-state index in [-0.39, 0.29) is 18.1 Å². The van der Waals surface area contributed by atoms with E-state index in [1.165, 1.54) is 25.6 Å². The van der Waals surface area contributed by atoms with Gasteiger partial charge in [0.1, 0.15) is 17.2 Å². The fourth-order valence-electron chi connectivity index (χ4n) is 2.48. The quantitative estimate of drug-likeness (QED) is 0.700. The van der Waals surface area contributed by atoms with Crippen LogP contribution in [-0.4, -0.2) is 23.9 Å². The molecule has 0 saturated carbocycles. The summed E-state index contributed by atoms with van der Waals surface area (Å²) in [5.41, 5.74) is 1.98. The number of pyridine rings is 1. The molecule has 0 fully saturated rings. The van der Waals surface area contributed by atoms with Gasteiger partial charge in [0, 0.05) is 11.8 Å². The first-order valence-electron chi connectivity index (χ1n) is 8.29.